The Kier molecular flexibility index (Phi) is 5.19. The van der Waals surface area contributed by atoms with E-state index in [0.29, 0.717) is 19.5 Å². The molecule has 8 heteroatoms. The Morgan fingerprint density at radius 2 is 1.82 bits per heavy atom. The molecule has 1 atom stereocenters. The molecule has 0 spiro atoms. The molecule has 0 radical (unpaired) electrons. The molecule has 1 fully saturated rings. The number of para-hydroxylation sites is 1. The number of fused-ring (bicyclic) bond motifs is 4. The molecular formula is C26H26FN3O4. The van der Waals surface area contributed by atoms with Gasteiger partial charge in [-0.15, -0.1) is 0 Å². The largest absolute Gasteiger partial charge is 0.481 e. The number of imide groups is 1. The van der Waals surface area contributed by atoms with E-state index in [0.717, 1.165) is 27.7 Å². The van der Waals surface area contributed by atoms with Crippen LogP contribution >= 0.6 is 0 Å². The Morgan fingerprint density at radius 1 is 1.12 bits per heavy atom. The SMILES string of the molecule is CC(C)(CCN1C(=O)[C@@H]2Cc3c(n(Cc4ccc(F)cc4)c4ccccc34)CN2C1=O)C(=O)O. The molecule has 7 nitrogen and oxygen atoms in total. The molecule has 3 amide bonds. The standard InChI is InChI=1S/C26H26FN3O4/c1-26(2,24(32)33)11-12-28-23(31)21-13-19-18-5-3-4-6-20(18)29(22(19)15-30(21)25(28)34)14-16-7-9-17(27)10-8-16/h3-10,21H,11-15H2,1-2H3,(H,32,33)/t21-/m0/s1. The van der Waals surface area contributed by atoms with Crippen molar-refractivity contribution in [3.8, 4) is 0 Å². The zero-order valence-electron chi connectivity index (χ0n) is 19.1. The van der Waals surface area contributed by atoms with Crippen LogP contribution in [0.4, 0.5) is 9.18 Å². The number of carbonyl (C=O) groups excluding carboxylic acids is 2. The third kappa shape index (κ3) is 3.54. The summed E-state index contributed by atoms with van der Waals surface area (Å²) in [6.07, 6.45) is 0.600. The van der Waals surface area contributed by atoms with Crippen LogP contribution in [0, 0.1) is 11.2 Å². The van der Waals surface area contributed by atoms with Crippen molar-refractivity contribution in [2.75, 3.05) is 6.54 Å². The summed E-state index contributed by atoms with van der Waals surface area (Å²) in [7, 11) is 0. The summed E-state index contributed by atoms with van der Waals surface area (Å²) in [6, 6.07) is 13.4. The Hall–Kier alpha value is -3.68. The Balaban J connectivity index is 1.47. The number of nitrogens with zero attached hydrogens (tertiary/aromatic N) is 3. The van der Waals surface area contributed by atoms with Gasteiger partial charge in [0.15, 0.2) is 0 Å². The Labute approximate surface area is 196 Å². The fourth-order valence-corrected chi connectivity index (χ4v) is 4.92. The predicted molar refractivity (Wildman–Crippen MR) is 124 cm³/mol. The van der Waals surface area contributed by atoms with E-state index in [2.05, 4.69) is 4.57 Å². The van der Waals surface area contributed by atoms with Crippen molar-refractivity contribution in [3.05, 3.63) is 71.2 Å². The van der Waals surface area contributed by atoms with Crippen LogP contribution in [0.3, 0.4) is 0 Å². The molecule has 1 saturated heterocycles. The third-order valence-corrected chi connectivity index (χ3v) is 7.11. The van der Waals surface area contributed by atoms with Gasteiger partial charge in [0.1, 0.15) is 11.9 Å². The molecule has 3 heterocycles. The number of hydrogen-bond donors (Lipinski definition) is 1. The van der Waals surface area contributed by atoms with Crippen molar-refractivity contribution in [1.82, 2.24) is 14.4 Å². The molecule has 3 aromatic rings. The van der Waals surface area contributed by atoms with Crippen molar-refractivity contribution < 1.29 is 23.9 Å². The predicted octanol–water partition coefficient (Wildman–Crippen LogP) is 4.02. The number of carbonyl (C=O) groups is 3. The number of halogens is 1. The van der Waals surface area contributed by atoms with Crippen molar-refractivity contribution in [1.29, 1.82) is 0 Å². The molecule has 1 aromatic heterocycles. The highest BCUT2D eigenvalue weighted by molar-refractivity contribution is 6.05. The molecule has 0 aliphatic carbocycles. The molecule has 1 N–H and O–H groups in total. The Bertz CT molecular complexity index is 1310. The third-order valence-electron chi connectivity index (χ3n) is 7.11. The van der Waals surface area contributed by atoms with Gasteiger partial charge in [-0.05, 0) is 49.6 Å². The van der Waals surface area contributed by atoms with Crippen LogP contribution in [-0.2, 0) is 29.1 Å². The fourth-order valence-electron chi connectivity index (χ4n) is 4.92. The van der Waals surface area contributed by atoms with Crippen LogP contribution in [0.1, 0.15) is 37.1 Å². The molecule has 0 bridgehead atoms. The van der Waals surface area contributed by atoms with E-state index in [4.69, 9.17) is 0 Å². The van der Waals surface area contributed by atoms with Gasteiger partial charge in [0.25, 0.3) is 5.91 Å². The van der Waals surface area contributed by atoms with Gasteiger partial charge in [0.05, 0.1) is 12.0 Å². The van der Waals surface area contributed by atoms with E-state index in [9.17, 15) is 23.9 Å². The van der Waals surface area contributed by atoms with Gasteiger partial charge >= 0.3 is 12.0 Å². The highest BCUT2D eigenvalue weighted by atomic mass is 19.1. The lowest BCUT2D eigenvalue weighted by atomic mass is 9.89. The molecule has 2 aromatic carbocycles. The second-order valence-electron chi connectivity index (χ2n) is 9.71. The van der Waals surface area contributed by atoms with E-state index in [1.807, 2.05) is 24.3 Å². The van der Waals surface area contributed by atoms with Gasteiger partial charge in [0.2, 0.25) is 0 Å². The number of aliphatic carboxylic acids is 1. The van der Waals surface area contributed by atoms with Gasteiger partial charge in [-0.2, -0.15) is 0 Å². The Morgan fingerprint density at radius 3 is 2.53 bits per heavy atom. The molecular weight excluding hydrogens is 437 g/mol. The lowest BCUT2D eigenvalue weighted by Crippen LogP contribution is -2.40. The zero-order valence-corrected chi connectivity index (χ0v) is 19.1. The average molecular weight is 464 g/mol. The van der Waals surface area contributed by atoms with Crippen LogP contribution in [0.15, 0.2) is 48.5 Å². The first-order chi connectivity index (χ1) is 16.2. The molecule has 34 heavy (non-hydrogen) atoms. The fraction of sp³-hybridized carbons (Fsp3) is 0.346. The summed E-state index contributed by atoms with van der Waals surface area (Å²) in [5.74, 6) is -1.52. The summed E-state index contributed by atoms with van der Waals surface area (Å²) < 4.78 is 15.6. The molecule has 0 saturated carbocycles. The van der Waals surface area contributed by atoms with E-state index in [-0.39, 0.29) is 30.7 Å². The van der Waals surface area contributed by atoms with Gasteiger partial charge < -0.3 is 14.6 Å². The van der Waals surface area contributed by atoms with Crippen LogP contribution in [0.5, 0.6) is 0 Å². The maximum atomic E-state index is 13.4. The van der Waals surface area contributed by atoms with E-state index < -0.39 is 17.4 Å². The minimum Gasteiger partial charge on any atom is -0.481 e. The molecule has 5 rings (SSSR count). The first-order valence-electron chi connectivity index (χ1n) is 11.4. The molecule has 2 aliphatic heterocycles. The molecule has 176 valence electrons. The molecule has 2 aliphatic rings. The number of amides is 3. The van der Waals surface area contributed by atoms with Crippen LogP contribution < -0.4 is 0 Å². The number of aromatic nitrogens is 1. The van der Waals surface area contributed by atoms with E-state index >= 15 is 0 Å². The van der Waals surface area contributed by atoms with Crippen LogP contribution in [0.2, 0.25) is 0 Å². The lowest BCUT2D eigenvalue weighted by Gasteiger charge is -2.28. The molecule has 0 unspecified atom stereocenters. The van der Waals surface area contributed by atoms with Gasteiger partial charge in [-0.1, -0.05) is 30.3 Å². The highest BCUT2D eigenvalue weighted by Crippen LogP contribution is 2.37. The van der Waals surface area contributed by atoms with Crippen molar-refractivity contribution >= 4 is 28.8 Å². The first-order valence-corrected chi connectivity index (χ1v) is 11.4. The summed E-state index contributed by atoms with van der Waals surface area (Å²) >= 11 is 0. The maximum Gasteiger partial charge on any atom is 0.327 e. The van der Waals surface area contributed by atoms with Crippen molar-refractivity contribution in [2.45, 2.75) is 45.8 Å². The van der Waals surface area contributed by atoms with Crippen LogP contribution in [0.25, 0.3) is 10.9 Å². The van der Waals surface area contributed by atoms with Crippen molar-refractivity contribution in [2.24, 2.45) is 5.41 Å². The second-order valence-corrected chi connectivity index (χ2v) is 9.71. The smallest absolute Gasteiger partial charge is 0.327 e. The summed E-state index contributed by atoms with van der Waals surface area (Å²) in [4.78, 5) is 40.6. The topological polar surface area (TPSA) is 82.9 Å². The first kappa shape index (κ1) is 22.1. The number of hydrogen-bond acceptors (Lipinski definition) is 3. The normalized spacial score (nSPS) is 17.9. The van der Waals surface area contributed by atoms with Gasteiger partial charge in [0, 0.05) is 36.1 Å². The van der Waals surface area contributed by atoms with Crippen LogP contribution in [-0.4, -0.2) is 50.0 Å². The number of urea groups is 1. The quantitative estimate of drug-likeness (QED) is 0.560. The zero-order chi connectivity index (χ0) is 24.2. The van der Waals surface area contributed by atoms with Crippen molar-refractivity contribution in [3.63, 3.8) is 0 Å². The van der Waals surface area contributed by atoms with E-state index in [1.54, 1.807) is 30.9 Å². The number of benzene rings is 2. The summed E-state index contributed by atoms with van der Waals surface area (Å²) in [5, 5.41) is 10.4. The van der Waals surface area contributed by atoms with Gasteiger partial charge in [-0.25, -0.2) is 9.18 Å². The summed E-state index contributed by atoms with van der Waals surface area (Å²) in [5.41, 5.74) is 2.93. The second kappa shape index (κ2) is 7.97. The van der Waals surface area contributed by atoms with E-state index in [1.165, 1.54) is 17.0 Å². The minimum atomic E-state index is -1.03. The lowest BCUT2D eigenvalue weighted by molar-refractivity contribution is -0.147. The number of carboxylic acids is 1. The monoisotopic (exact) mass is 463 g/mol. The van der Waals surface area contributed by atoms with Gasteiger partial charge in [-0.3, -0.25) is 14.5 Å². The minimum absolute atomic E-state index is 0.0739. The average Bonchev–Trinajstić information content (AvgIpc) is 3.24. The number of carboxylic acid groups (broad SMARTS) is 1. The number of rotatable bonds is 6. The maximum absolute atomic E-state index is 13.4. The highest BCUT2D eigenvalue weighted by Gasteiger charge is 2.48. The summed E-state index contributed by atoms with van der Waals surface area (Å²) in [6.45, 7) is 4.07.